The van der Waals surface area contributed by atoms with Crippen molar-refractivity contribution in [3.05, 3.63) is 35.6 Å². The fourth-order valence-electron chi connectivity index (χ4n) is 2.68. The van der Waals surface area contributed by atoms with E-state index in [-0.39, 0.29) is 30.1 Å². The Balaban J connectivity index is 1.79. The van der Waals surface area contributed by atoms with Crippen molar-refractivity contribution in [1.82, 2.24) is 10.2 Å². The first-order chi connectivity index (χ1) is 10.6. The third kappa shape index (κ3) is 4.55. The zero-order valence-electron chi connectivity index (χ0n) is 13.0. The van der Waals surface area contributed by atoms with Gasteiger partial charge in [-0.3, -0.25) is 9.59 Å². The number of piperidine rings is 1. The van der Waals surface area contributed by atoms with Crippen molar-refractivity contribution in [3.63, 3.8) is 0 Å². The van der Waals surface area contributed by atoms with Crippen LogP contribution in [0.25, 0.3) is 0 Å². The predicted molar refractivity (Wildman–Crippen MR) is 82.7 cm³/mol. The van der Waals surface area contributed by atoms with E-state index in [9.17, 15) is 14.0 Å². The van der Waals surface area contributed by atoms with Crippen LogP contribution in [0.2, 0.25) is 0 Å². The van der Waals surface area contributed by atoms with Gasteiger partial charge in [-0.15, -0.1) is 0 Å². The second kappa shape index (κ2) is 7.92. The zero-order chi connectivity index (χ0) is 15.9. The topological polar surface area (TPSA) is 49.4 Å². The number of hydrogen-bond donors (Lipinski definition) is 1. The maximum Gasteiger partial charge on any atom is 0.241 e. The molecule has 0 aromatic heterocycles. The van der Waals surface area contributed by atoms with Gasteiger partial charge in [0.1, 0.15) is 5.82 Å². The highest BCUT2D eigenvalue weighted by molar-refractivity contribution is 5.85. The van der Waals surface area contributed by atoms with E-state index < -0.39 is 0 Å². The van der Waals surface area contributed by atoms with Gasteiger partial charge in [0.2, 0.25) is 11.8 Å². The Kier molecular flexibility index (Phi) is 5.92. The Morgan fingerprint density at radius 3 is 2.59 bits per heavy atom. The van der Waals surface area contributed by atoms with Crippen molar-refractivity contribution in [1.29, 1.82) is 0 Å². The molecule has 5 heteroatoms. The lowest BCUT2D eigenvalue weighted by atomic mass is 10.00. The summed E-state index contributed by atoms with van der Waals surface area (Å²) in [5.41, 5.74) is 0.521. The molecule has 1 fully saturated rings. The summed E-state index contributed by atoms with van der Waals surface area (Å²) >= 11 is 0. The molecule has 0 saturated carbocycles. The summed E-state index contributed by atoms with van der Waals surface area (Å²) in [7, 11) is 0. The Hall–Kier alpha value is -1.91. The van der Waals surface area contributed by atoms with E-state index >= 15 is 0 Å². The maximum absolute atomic E-state index is 13.6. The van der Waals surface area contributed by atoms with Crippen LogP contribution in [0.5, 0.6) is 0 Å². The minimum atomic E-state index is -0.369. The maximum atomic E-state index is 13.6. The van der Waals surface area contributed by atoms with E-state index in [0.717, 1.165) is 32.4 Å². The van der Waals surface area contributed by atoms with E-state index in [2.05, 4.69) is 5.32 Å². The zero-order valence-corrected chi connectivity index (χ0v) is 13.0. The van der Waals surface area contributed by atoms with Crippen LogP contribution in [-0.2, 0) is 16.0 Å². The SMILES string of the molecule is CC(Cc1ccccc1F)C(=O)NCC(=O)N1CCCCC1. The lowest BCUT2D eigenvalue weighted by molar-refractivity contribution is -0.134. The molecule has 1 aromatic carbocycles. The second-order valence-corrected chi connectivity index (χ2v) is 5.86. The molecule has 0 aliphatic carbocycles. The summed E-state index contributed by atoms with van der Waals surface area (Å²) in [4.78, 5) is 25.8. The standard InChI is InChI=1S/C17H23FN2O2/c1-13(11-14-7-3-4-8-15(14)18)17(22)19-12-16(21)20-9-5-2-6-10-20/h3-4,7-8,13H,2,5-6,9-12H2,1H3,(H,19,22). The fraction of sp³-hybridized carbons (Fsp3) is 0.529. The molecule has 1 aliphatic rings. The lowest BCUT2D eigenvalue weighted by Crippen LogP contribution is -2.43. The first kappa shape index (κ1) is 16.5. The molecule has 22 heavy (non-hydrogen) atoms. The summed E-state index contributed by atoms with van der Waals surface area (Å²) in [6, 6.07) is 6.45. The van der Waals surface area contributed by atoms with Crippen molar-refractivity contribution in [2.45, 2.75) is 32.6 Å². The second-order valence-electron chi connectivity index (χ2n) is 5.86. The Morgan fingerprint density at radius 2 is 1.91 bits per heavy atom. The molecule has 1 atom stereocenters. The number of halogens is 1. The Morgan fingerprint density at radius 1 is 1.23 bits per heavy atom. The van der Waals surface area contributed by atoms with Crippen LogP contribution < -0.4 is 5.32 Å². The van der Waals surface area contributed by atoms with Gasteiger partial charge in [0.05, 0.1) is 6.54 Å². The molecule has 120 valence electrons. The highest BCUT2D eigenvalue weighted by Gasteiger charge is 2.19. The van der Waals surface area contributed by atoms with Gasteiger partial charge in [-0.25, -0.2) is 4.39 Å². The third-order valence-electron chi connectivity index (χ3n) is 4.05. The molecule has 1 N–H and O–H groups in total. The minimum Gasteiger partial charge on any atom is -0.347 e. The summed E-state index contributed by atoms with van der Waals surface area (Å²) in [6.45, 7) is 3.33. The van der Waals surface area contributed by atoms with Gasteiger partial charge in [0.25, 0.3) is 0 Å². The molecular weight excluding hydrogens is 283 g/mol. The van der Waals surface area contributed by atoms with Crippen molar-refractivity contribution in [2.75, 3.05) is 19.6 Å². The van der Waals surface area contributed by atoms with Crippen LogP contribution in [0, 0.1) is 11.7 Å². The summed E-state index contributed by atoms with van der Waals surface area (Å²) in [5, 5.41) is 2.67. The van der Waals surface area contributed by atoms with Gasteiger partial charge in [0, 0.05) is 19.0 Å². The monoisotopic (exact) mass is 306 g/mol. The molecule has 2 amide bonds. The number of likely N-dealkylation sites (tertiary alicyclic amines) is 1. The van der Waals surface area contributed by atoms with Gasteiger partial charge >= 0.3 is 0 Å². The first-order valence-electron chi connectivity index (χ1n) is 7.87. The van der Waals surface area contributed by atoms with Crippen LogP contribution in [0.4, 0.5) is 4.39 Å². The lowest BCUT2D eigenvalue weighted by Gasteiger charge is -2.27. The minimum absolute atomic E-state index is 0.0282. The molecule has 1 aromatic rings. The van der Waals surface area contributed by atoms with E-state index in [1.807, 2.05) is 0 Å². The molecular formula is C17H23FN2O2. The van der Waals surface area contributed by atoms with E-state index in [4.69, 9.17) is 0 Å². The summed E-state index contributed by atoms with van der Waals surface area (Å²) < 4.78 is 13.6. The van der Waals surface area contributed by atoms with Crippen molar-refractivity contribution < 1.29 is 14.0 Å². The normalized spacial score (nSPS) is 16.2. The average Bonchev–Trinajstić information content (AvgIpc) is 2.55. The van der Waals surface area contributed by atoms with Gasteiger partial charge in [-0.05, 0) is 37.3 Å². The molecule has 1 aliphatic heterocycles. The third-order valence-corrected chi connectivity index (χ3v) is 4.05. The summed E-state index contributed by atoms with van der Waals surface area (Å²) in [5.74, 6) is -0.919. The molecule has 1 heterocycles. The largest absolute Gasteiger partial charge is 0.347 e. The van der Waals surface area contributed by atoms with Crippen molar-refractivity contribution >= 4 is 11.8 Å². The van der Waals surface area contributed by atoms with Gasteiger partial charge < -0.3 is 10.2 Å². The highest BCUT2D eigenvalue weighted by Crippen LogP contribution is 2.13. The molecule has 4 nitrogen and oxygen atoms in total. The number of hydrogen-bond acceptors (Lipinski definition) is 2. The molecule has 0 radical (unpaired) electrons. The molecule has 1 saturated heterocycles. The smallest absolute Gasteiger partial charge is 0.241 e. The average molecular weight is 306 g/mol. The number of amides is 2. The van der Waals surface area contributed by atoms with Crippen molar-refractivity contribution in [3.8, 4) is 0 Å². The molecule has 1 unspecified atom stereocenters. The molecule has 0 spiro atoms. The molecule has 2 rings (SSSR count). The van der Waals surface area contributed by atoms with Gasteiger partial charge in [-0.1, -0.05) is 25.1 Å². The first-order valence-corrected chi connectivity index (χ1v) is 7.87. The van der Waals surface area contributed by atoms with Crippen LogP contribution in [0.15, 0.2) is 24.3 Å². The number of carbonyl (C=O) groups excluding carboxylic acids is 2. The molecule has 0 bridgehead atoms. The van der Waals surface area contributed by atoms with Crippen LogP contribution >= 0.6 is 0 Å². The summed E-state index contributed by atoms with van der Waals surface area (Å²) in [6.07, 6.45) is 3.55. The number of nitrogens with zero attached hydrogens (tertiary/aromatic N) is 1. The number of carbonyl (C=O) groups is 2. The van der Waals surface area contributed by atoms with Crippen LogP contribution in [0.1, 0.15) is 31.7 Å². The van der Waals surface area contributed by atoms with Gasteiger partial charge in [0.15, 0.2) is 0 Å². The number of benzene rings is 1. The van der Waals surface area contributed by atoms with E-state index in [1.54, 1.807) is 30.0 Å². The predicted octanol–water partition coefficient (Wildman–Crippen LogP) is 2.13. The number of nitrogens with one attached hydrogen (secondary N) is 1. The van der Waals surface area contributed by atoms with Gasteiger partial charge in [-0.2, -0.15) is 0 Å². The van der Waals surface area contributed by atoms with Crippen LogP contribution in [-0.4, -0.2) is 36.3 Å². The Bertz CT molecular complexity index is 527. The number of rotatable bonds is 5. The van der Waals surface area contributed by atoms with Crippen molar-refractivity contribution in [2.24, 2.45) is 5.92 Å². The quantitative estimate of drug-likeness (QED) is 0.906. The van der Waals surface area contributed by atoms with E-state index in [0.29, 0.717) is 12.0 Å². The van der Waals surface area contributed by atoms with E-state index in [1.165, 1.54) is 6.07 Å². The fourth-order valence-corrected chi connectivity index (χ4v) is 2.68. The van der Waals surface area contributed by atoms with Crippen LogP contribution in [0.3, 0.4) is 0 Å². The highest BCUT2D eigenvalue weighted by atomic mass is 19.1. The Labute approximate surface area is 130 Å².